The predicted molar refractivity (Wildman–Crippen MR) is 127 cm³/mol. The van der Waals surface area contributed by atoms with Crippen LogP contribution in [0.2, 0.25) is 0 Å². The molecule has 0 unspecified atom stereocenters. The zero-order valence-electron chi connectivity index (χ0n) is 18.4. The summed E-state index contributed by atoms with van der Waals surface area (Å²) in [5, 5.41) is 3.09. The Labute approximate surface area is 190 Å². The number of nitrogens with one attached hydrogen (secondary N) is 1. The average Bonchev–Trinajstić information content (AvgIpc) is 2.80. The summed E-state index contributed by atoms with van der Waals surface area (Å²) in [5.74, 6) is -0.313. The number of anilines is 1. The van der Waals surface area contributed by atoms with Crippen molar-refractivity contribution in [3.63, 3.8) is 0 Å². The van der Waals surface area contributed by atoms with E-state index in [9.17, 15) is 13.2 Å². The number of hydrogen-bond donors (Lipinski definition) is 1. The first kappa shape index (κ1) is 22.1. The van der Waals surface area contributed by atoms with Crippen LogP contribution in [0.5, 0.6) is 0 Å². The Bertz CT molecular complexity index is 1220. The Balaban J connectivity index is 1.66. The third kappa shape index (κ3) is 4.55. The number of amides is 1. The number of fused-ring (bicyclic) bond motifs is 1. The molecular formula is C26H28N2O3S. The largest absolute Gasteiger partial charge is 0.348 e. The van der Waals surface area contributed by atoms with Gasteiger partial charge in [0.15, 0.2) is 0 Å². The molecule has 1 amide bonds. The third-order valence-corrected chi connectivity index (χ3v) is 7.73. The summed E-state index contributed by atoms with van der Waals surface area (Å²) in [6.45, 7) is 3.49. The van der Waals surface area contributed by atoms with Crippen LogP contribution in [0.1, 0.15) is 41.1 Å². The van der Waals surface area contributed by atoms with E-state index in [4.69, 9.17) is 0 Å². The SMILES string of the molecule is Cc1ccc(C)c(N(CC(=O)N[C@H]2CCCc3ccccc32)S(=O)(=O)c2ccccc2)c1. The van der Waals surface area contributed by atoms with E-state index in [-0.39, 0.29) is 23.4 Å². The zero-order chi connectivity index (χ0) is 22.7. The van der Waals surface area contributed by atoms with Gasteiger partial charge >= 0.3 is 0 Å². The van der Waals surface area contributed by atoms with Crippen LogP contribution in [0.4, 0.5) is 5.69 Å². The molecule has 1 aliphatic rings. The van der Waals surface area contributed by atoms with Crippen LogP contribution in [0.15, 0.2) is 77.7 Å². The standard InChI is InChI=1S/C26H28N2O3S/c1-19-15-16-20(2)25(17-19)28(32(30,31)22-11-4-3-5-12-22)18-26(29)27-24-14-8-10-21-9-6-7-13-23(21)24/h3-7,9,11-13,15-17,24H,8,10,14,18H2,1-2H3,(H,27,29)/t24-/m0/s1. The second kappa shape index (κ2) is 9.17. The van der Waals surface area contributed by atoms with Crippen molar-refractivity contribution in [1.82, 2.24) is 5.32 Å². The molecule has 1 aliphatic carbocycles. The molecule has 5 nitrogen and oxygen atoms in total. The van der Waals surface area contributed by atoms with Gasteiger partial charge in [-0.15, -0.1) is 0 Å². The maximum absolute atomic E-state index is 13.6. The van der Waals surface area contributed by atoms with Crippen molar-refractivity contribution in [1.29, 1.82) is 0 Å². The Morgan fingerprint density at radius 1 is 1.00 bits per heavy atom. The Hall–Kier alpha value is -3.12. The van der Waals surface area contributed by atoms with Crippen molar-refractivity contribution in [2.75, 3.05) is 10.8 Å². The van der Waals surface area contributed by atoms with Crippen LogP contribution in [0.25, 0.3) is 0 Å². The Morgan fingerprint density at radius 2 is 1.72 bits per heavy atom. The molecule has 4 rings (SSSR count). The van der Waals surface area contributed by atoms with Gasteiger partial charge in [-0.3, -0.25) is 9.10 Å². The van der Waals surface area contributed by atoms with Gasteiger partial charge in [0.2, 0.25) is 5.91 Å². The number of sulfonamides is 1. The van der Waals surface area contributed by atoms with Gasteiger partial charge in [0, 0.05) is 0 Å². The lowest BCUT2D eigenvalue weighted by Gasteiger charge is -2.29. The van der Waals surface area contributed by atoms with E-state index in [1.165, 1.54) is 9.87 Å². The summed E-state index contributed by atoms with van der Waals surface area (Å²) in [6.07, 6.45) is 2.84. The van der Waals surface area contributed by atoms with E-state index < -0.39 is 10.0 Å². The summed E-state index contributed by atoms with van der Waals surface area (Å²) >= 11 is 0. The highest BCUT2D eigenvalue weighted by Gasteiger charge is 2.30. The summed E-state index contributed by atoms with van der Waals surface area (Å²) in [4.78, 5) is 13.3. The monoisotopic (exact) mass is 448 g/mol. The number of aryl methyl sites for hydroxylation is 3. The Morgan fingerprint density at radius 3 is 2.50 bits per heavy atom. The van der Waals surface area contributed by atoms with E-state index in [1.807, 2.05) is 50.2 Å². The molecule has 0 heterocycles. The fourth-order valence-corrected chi connectivity index (χ4v) is 5.78. The van der Waals surface area contributed by atoms with Gasteiger partial charge in [-0.25, -0.2) is 8.42 Å². The van der Waals surface area contributed by atoms with Crippen LogP contribution in [0.3, 0.4) is 0 Å². The average molecular weight is 449 g/mol. The number of nitrogens with zero attached hydrogens (tertiary/aromatic N) is 1. The lowest BCUT2D eigenvalue weighted by molar-refractivity contribution is -0.120. The van der Waals surface area contributed by atoms with E-state index in [0.717, 1.165) is 36.0 Å². The normalized spacial score (nSPS) is 15.6. The van der Waals surface area contributed by atoms with Crippen LogP contribution >= 0.6 is 0 Å². The molecule has 0 fully saturated rings. The second-order valence-electron chi connectivity index (χ2n) is 8.33. The number of hydrogen-bond acceptors (Lipinski definition) is 3. The van der Waals surface area contributed by atoms with Crippen molar-refractivity contribution in [3.05, 3.63) is 95.1 Å². The number of carbonyl (C=O) groups excluding carboxylic acids is 1. The first-order chi connectivity index (χ1) is 15.4. The summed E-state index contributed by atoms with van der Waals surface area (Å²) in [6, 6.07) is 21.9. The van der Waals surface area contributed by atoms with Crippen LogP contribution in [0, 0.1) is 13.8 Å². The first-order valence-electron chi connectivity index (χ1n) is 10.9. The molecule has 0 saturated carbocycles. The minimum absolute atomic E-state index is 0.104. The molecule has 3 aromatic carbocycles. The quantitative estimate of drug-likeness (QED) is 0.595. The minimum atomic E-state index is -3.92. The zero-order valence-corrected chi connectivity index (χ0v) is 19.2. The molecule has 3 aromatic rings. The van der Waals surface area contributed by atoms with Crippen molar-refractivity contribution < 1.29 is 13.2 Å². The predicted octanol–water partition coefficient (Wildman–Crippen LogP) is 4.69. The third-order valence-electron chi connectivity index (χ3n) is 5.96. The van der Waals surface area contributed by atoms with E-state index in [0.29, 0.717) is 5.69 Å². The summed E-state index contributed by atoms with van der Waals surface area (Å²) in [7, 11) is -3.92. The smallest absolute Gasteiger partial charge is 0.264 e. The van der Waals surface area contributed by atoms with Gasteiger partial charge in [-0.2, -0.15) is 0 Å². The van der Waals surface area contributed by atoms with Crippen LogP contribution in [-0.2, 0) is 21.2 Å². The van der Waals surface area contributed by atoms with Gasteiger partial charge in [-0.05, 0) is 73.6 Å². The van der Waals surface area contributed by atoms with Gasteiger partial charge in [0.25, 0.3) is 10.0 Å². The van der Waals surface area contributed by atoms with Gasteiger partial charge < -0.3 is 5.32 Å². The lowest BCUT2D eigenvalue weighted by Crippen LogP contribution is -2.42. The molecule has 1 N–H and O–H groups in total. The van der Waals surface area contributed by atoms with Crippen molar-refractivity contribution in [2.45, 2.75) is 44.0 Å². The molecule has 0 spiro atoms. The molecule has 166 valence electrons. The molecule has 0 aromatic heterocycles. The maximum Gasteiger partial charge on any atom is 0.264 e. The molecule has 0 aliphatic heterocycles. The van der Waals surface area contributed by atoms with Gasteiger partial charge in [-0.1, -0.05) is 54.6 Å². The number of carbonyl (C=O) groups is 1. The minimum Gasteiger partial charge on any atom is -0.348 e. The summed E-state index contributed by atoms with van der Waals surface area (Å²) < 4.78 is 28.4. The topological polar surface area (TPSA) is 66.5 Å². The number of rotatable bonds is 6. The highest BCUT2D eigenvalue weighted by atomic mass is 32.2. The van der Waals surface area contributed by atoms with E-state index in [2.05, 4.69) is 11.4 Å². The molecule has 0 saturated heterocycles. The number of benzene rings is 3. The highest BCUT2D eigenvalue weighted by Crippen LogP contribution is 2.31. The first-order valence-corrected chi connectivity index (χ1v) is 12.3. The lowest BCUT2D eigenvalue weighted by atomic mass is 9.88. The van der Waals surface area contributed by atoms with Gasteiger partial charge in [0.1, 0.15) is 6.54 Å². The highest BCUT2D eigenvalue weighted by molar-refractivity contribution is 7.92. The van der Waals surface area contributed by atoms with E-state index in [1.54, 1.807) is 30.3 Å². The molecular weight excluding hydrogens is 420 g/mol. The summed E-state index contributed by atoms with van der Waals surface area (Å²) in [5.41, 5.74) is 4.61. The van der Waals surface area contributed by atoms with Crippen molar-refractivity contribution in [3.8, 4) is 0 Å². The molecule has 32 heavy (non-hydrogen) atoms. The molecule has 6 heteroatoms. The van der Waals surface area contributed by atoms with Crippen molar-refractivity contribution in [2.24, 2.45) is 0 Å². The second-order valence-corrected chi connectivity index (χ2v) is 10.2. The van der Waals surface area contributed by atoms with E-state index >= 15 is 0 Å². The fraction of sp³-hybridized carbons (Fsp3) is 0.269. The van der Waals surface area contributed by atoms with Gasteiger partial charge in [0.05, 0.1) is 16.6 Å². The molecule has 0 bridgehead atoms. The molecule has 0 radical (unpaired) electrons. The van der Waals surface area contributed by atoms with Crippen LogP contribution in [-0.4, -0.2) is 20.9 Å². The Kier molecular flexibility index (Phi) is 6.33. The van der Waals surface area contributed by atoms with Crippen molar-refractivity contribution >= 4 is 21.6 Å². The maximum atomic E-state index is 13.6. The fourth-order valence-electron chi connectivity index (χ4n) is 4.28. The molecule has 1 atom stereocenters. The van der Waals surface area contributed by atoms with Crippen LogP contribution < -0.4 is 9.62 Å².